The van der Waals surface area contributed by atoms with Crippen LogP contribution in [0.25, 0.3) is 0 Å². The highest BCUT2D eigenvalue weighted by molar-refractivity contribution is 5.74. The van der Waals surface area contributed by atoms with Crippen molar-refractivity contribution in [1.82, 2.24) is 5.32 Å². The molecule has 0 bridgehead atoms. The first kappa shape index (κ1) is 14.2. The number of hydrogen-bond acceptors (Lipinski definition) is 2. The molecule has 0 fully saturated rings. The Morgan fingerprint density at radius 3 is 2.60 bits per heavy atom. The van der Waals surface area contributed by atoms with E-state index in [1.165, 1.54) is 12.8 Å². The molecule has 15 heavy (non-hydrogen) atoms. The zero-order valence-corrected chi connectivity index (χ0v) is 9.96. The second-order valence-corrected chi connectivity index (χ2v) is 4.21. The van der Waals surface area contributed by atoms with Crippen molar-refractivity contribution in [2.45, 2.75) is 58.0 Å². The van der Waals surface area contributed by atoms with Gasteiger partial charge in [0.05, 0.1) is 0 Å². The van der Waals surface area contributed by atoms with Crippen LogP contribution in [0.4, 0.5) is 0 Å². The quantitative estimate of drug-likeness (QED) is 0.453. The summed E-state index contributed by atoms with van der Waals surface area (Å²) in [5, 5.41) is 3.36. The van der Waals surface area contributed by atoms with Crippen molar-refractivity contribution >= 4 is 5.91 Å². The molecule has 88 valence electrons. The molecule has 0 heterocycles. The molecule has 2 unspecified atom stereocenters. The number of nitrogens with two attached hydrogens (primary N) is 1. The summed E-state index contributed by atoms with van der Waals surface area (Å²) in [6.07, 6.45) is 6.98. The van der Waals surface area contributed by atoms with Gasteiger partial charge in [0, 0.05) is 18.5 Å². The maximum Gasteiger partial charge on any atom is 0.218 e. The largest absolute Gasteiger partial charge is 0.370 e. The first-order valence-corrected chi connectivity index (χ1v) is 5.71. The van der Waals surface area contributed by atoms with E-state index in [2.05, 4.69) is 18.8 Å². The van der Waals surface area contributed by atoms with Gasteiger partial charge >= 0.3 is 0 Å². The molecule has 3 N–H and O–H groups in total. The molecule has 0 aliphatic carbocycles. The molecule has 0 aromatic heterocycles. The van der Waals surface area contributed by atoms with E-state index in [1.807, 2.05) is 13.0 Å². The Balaban J connectivity index is 3.50. The van der Waals surface area contributed by atoms with E-state index in [4.69, 9.17) is 5.73 Å². The van der Waals surface area contributed by atoms with Crippen LogP contribution in [0, 0.1) is 0 Å². The van der Waals surface area contributed by atoms with Gasteiger partial charge in [-0.3, -0.25) is 4.79 Å². The average Bonchev–Trinajstić information content (AvgIpc) is 2.10. The van der Waals surface area contributed by atoms with Crippen molar-refractivity contribution in [2.24, 2.45) is 5.73 Å². The molecule has 0 aromatic carbocycles. The number of rotatable bonds is 9. The van der Waals surface area contributed by atoms with Crippen LogP contribution in [0.5, 0.6) is 0 Å². The molecule has 0 radical (unpaired) electrons. The van der Waals surface area contributed by atoms with Crippen molar-refractivity contribution in [3.05, 3.63) is 12.7 Å². The fourth-order valence-electron chi connectivity index (χ4n) is 1.67. The number of unbranched alkanes of at least 4 members (excludes halogenated alkanes) is 2. The third kappa shape index (κ3) is 9.47. The summed E-state index contributed by atoms with van der Waals surface area (Å²) in [4.78, 5) is 10.7. The smallest absolute Gasteiger partial charge is 0.218 e. The van der Waals surface area contributed by atoms with Crippen LogP contribution in [0.2, 0.25) is 0 Å². The van der Waals surface area contributed by atoms with Gasteiger partial charge in [-0.15, -0.1) is 6.58 Å². The molecule has 0 saturated carbocycles. The summed E-state index contributed by atoms with van der Waals surface area (Å²) < 4.78 is 0. The van der Waals surface area contributed by atoms with Crippen molar-refractivity contribution in [2.75, 3.05) is 0 Å². The maximum atomic E-state index is 10.7. The lowest BCUT2D eigenvalue weighted by molar-refractivity contribution is -0.118. The number of carbonyl (C=O) groups excluding carboxylic acids is 1. The molecule has 3 nitrogen and oxygen atoms in total. The van der Waals surface area contributed by atoms with E-state index in [0.717, 1.165) is 12.8 Å². The molecule has 0 aromatic rings. The second kappa shape index (κ2) is 8.48. The Labute approximate surface area is 93.1 Å². The fraction of sp³-hybridized carbons (Fsp3) is 0.750. The van der Waals surface area contributed by atoms with Crippen molar-refractivity contribution in [1.29, 1.82) is 0 Å². The van der Waals surface area contributed by atoms with E-state index in [0.29, 0.717) is 12.5 Å². The van der Waals surface area contributed by atoms with Gasteiger partial charge in [-0.25, -0.2) is 0 Å². The predicted octanol–water partition coefficient (Wildman–Crippen LogP) is 1.97. The van der Waals surface area contributed by atoms with Gasteiger partial charge in [-0.1, -0.05) is 12.5 Å². The topological polar surface area (TPSA) is 55.1 Å². The molecule has 2 atom stereocenters. The Bertz CT molecular complexity index is 192. The number of amides is 1. The standard InChI is InChI=1S/C12H24N2O/c1-4-5-6-7-8-10(2)14-11(3)9-12(13)15/h4,10-11,14H,1,5-9H2,2-3H3,(H2,13,15). The molecule has 0 spiro atoms. The minimum atomic E-state index is -0.242. The van der Waals surface area contributed by atoms with Crippen molar-refractivity contribution in [3.8, 4) is 0 Å². The van der Waals surface area contributed by atoms with Crippen molar-refractivity contribution < 1.29 is 4.79 Å². The van der Waals surface area contributed by atoms with Gasteiger partial charge < -0.3 is 11.1 Å². The Hall–Kier alpha value is -0.830. The third-order valence-electron chi connectivity index (χ3n) is 2.37. The summed E-state index contributed by atoms with van der Waals surface area (Å²) in [7, 11) is 0. The summed E-state index contributed by atoms with van der Waals surface area (Å²) in [5.74, 6) is -0.242. The Kier molecular flexibility index (Phi) is 8.01. The van der Waals surface area contributed by atoms with E-state index in [1.54, 1.807) is 0 Å². The first-order chi connectivity index (χ1) is 7.06. The van der Waals surface area contributed by atoms with Crippen LogP contribution >= 0.6 is 0 Å². The monoisotopic (exact) mass is 212 g/mol. The fourth-order valence-corrected chi connectivity index (χ4v) is 1.67. The lowest BCUT2D eigenvalue weighted by Crippen LogP contribution is -2.37. The molecular formula is C12H24N2O. The third-order valence-corrected chi connectivity index (χ3v) is 2.37. The number of hydrogen-bond donors (Lipinski definition) is 2. The molecule has 0 aliphatic rings. The summed E-state index contributed by atoms with van der Waals surface area (Å²) in [6, 6.07) is 0.626. The van der Waals surface area contributed by atoms with Crippen molar-refractivity contribution in [3.63, 3.8) is 0 Å². The van der Waals surface area contributed by atoms with E-state index < -0.39 is 0 Å². The van der Waals surface area contributed by atoms with Crippen LogP contribution in [-0.2, 0) is 4.79 Å². The van der Waals surface area contributed by atoms with Gasteiger partial charge in [0.25, 0.3) is 0 Å². The van der Waals surface area contributed by atoms with Gasteiger partial charge in [0.1, 0.15) is 0 Å². The van der Waals surface area contributed by atoms with Crippen LogP contribution in [0.3, 0.4) is 0 Å². The minimum absolute atomic E-state index is 0.178. The summed E-state index contributed by atoms with van der Waals surface area (Å²) >= 11 is 0. The molecule has 0 saturated heterocycles. The highest BCUT2D eigenvalue weighted by atomic mass is 16.1. The number of primary amides is 1. The molecular weight excluding hydrogens is 188 g/mol. The van der Waals surface area contributed by atoms with Crippen LogP contribution < -0.4 is 11.1 Å². The lowest BCUT2D eigenvalue weighted by Gasteiger charge is -2.18. The highest BCUT2D eigenvalue weighted by Crippen LogP contribution is 2.05. The van der Waals surface area contributed by atoms with Gasteiger partial charge in [0.2, 0.25) is 5.91 Å². The SMILES string of the molecule is C=CCCCCC(C)NC(C)CC(N)=O. The van der Waals surface area contributed by atoms with Gasteiger partial charge in [-0.2, -0.15) is 0 Å². The molecule has 1 amide bonds. The maximum absolute atomic E-state index is 10.7. The predicted molar refractivity (Wildman–Crippen MR) is 64.5 cm³/mol. The van der Waals surface area contributed by atoms with Crippen LogP contribution in [0.1, 0.15) is 46.0 Å². The van der Waals surface area contributed by atoms with Gasteiger partial charge in [0.15, 0.2) is 0 Å². The normalized spacial score (nSPS) is 14.5. The van der Waals surface area contributed by atoms with Crippen LogP contribution in [-0.4, -0.2) is 18.0 Å². The van der Waals surface area contributed by atoms with Crippen LogP contribution in [0.15, 0.2) is 12.7 Å². The highest BCUT2D eigenvalue weighted by Gasteiger charge is 2.08. The molecule has 0 aliphatic heterocycles. The number of carbonyl (C=O) groups is 1. The Morgan fingerprint density at radius 1 is 1.40 bits per heavy atom. The number of allylic oxidation sites excluding steroid dienone is 1. The second-order valence-electron chi connectivity index (χ2n) is 4.21. The van der Waals surface area contributed by atoms with E-state index in [-0.39, 0.29) is 11.9 Å². The lowest BCUT2D eigenvalue weighted by atomic mass is 10.1. The first-order valence-electron chi connectivity index (χ1n) is 5.71. The van der Waals surface area contributed by atoms with Gasteiger partial charge in [-0.05, 0) is 33.1 Å². The van der Waals surface area contributed by atoms with E-state index >= 15 is 0 Å². The Morgan fingerprint density at radius 2 is 2.07 bits per heavy atom. The summed E-state index contributed by atoms with van der Waals surface area (Å²) in [6.45, 7) is 7.83. The zero-order chi connectivity index (χ0) is 11.7. The minimum Gasteiger partial charge on any atom is -0.370 e. The number of nitrogens with one attached hydrogen (secondary N) is 1. The summed E-state index contributed by atoms with van der Waals surface area (Å²) in [5.41, 5.74) is 5.12. The molecule has 0 rings (SSSR count). The van der Waals surface area contributed by atoms with E-state index in [9.17, 15) is 4.79 Å². The molecule has 3 heteroatoms. The zero-order valence-electron chi connectivity index (χ0n) is 9.96. The average molecular weight is 212 g/mol.